The number of carbonyl (C=O) groups excluding carboxylic acids is 2. The summed E-state index contributed by atoms with van der Waals surface area (Å²) in [5.74, 6) is -1.01. The van der Waals surface area contributed by atoms with Crippen LogP contribution in [0.5, 0.6) is 0 Å². The van der Waals surface area contributed by atoms with Crippen LogP contribution in [-0.4, -0.2) is 18.4 Å². The van der Waals surface area contributed by atoms with E-state index in [1.54, 1.807) is 24.3 Å². The first-order chi connectivity index (χ1) is 12.1. The number of amides is 2. The van der Waals surface area contributed by atoms with Crippen LogP contribution in [0.3, 0.4) is 0 Å². The fourth-order valence-corrected chi connectivity index (χ4v) is 2.35. The molecule has 2 aromatic rings. The van der Waals surface area contributed by atoms with Crippen LogP contribution in [0, 0.1) is 6.92 Å². The molecule has 0 aliphatic heterocycles. The van der Waals surface area contributed by atoms with Crippen molar-refractivity contribution in [3.8, 4) is 0 Å². The molecule has 26 heavy (non-hydrogen) atoms. The van der Waals surface area contributed by atoms with Crippen molar-refractivity contribution in [2.24, 2.45) is 0 Å². The molecule has 0 unspecified atom stereocenters. The molecule has 4 nitrogen and oxygen atoms in total. The molecule has 0 aliphatic carbocycles. The van der Waals surface area contributed by atoms with E-state index in [0.29, 0.717) is 16.3 Å². The molecule has 0 radical (unpaired) electrons. The number of rotatable bonds is 5. The van der Waals surface area contributed by atoms with Crippen molar-refractivity contribution in [1.29, 1.82) is 0 Å². The van der Waals surface area contributed by atoms with Gasteiger partial charge in [-0.2, -0.15) is 13.2 Å². The summed E-state index contributed by atoms with van der Waals surface area (Å²) in [5, 5.41) is 5.60. The summed E-state index contributed by atoms with van der Waals surface area (Å²) in [7, 11) is 0. The van der Waals surface area contributed by atoms with Crippen molar-refractivity contribution in [1.82, 2.24) is 5.32 Å². The van der Waals surface area contributed by atoms with Crippen LogP contribution in [0.25, 0.3) is 0 Å². The smallest absolute Gasteiger partial charge is 0.352 e. The zero-order valence-electron chi connectivity index (χ0n) is 13.8. The number of anilines is 1. The topological polar surface area (TPSA) is 58.2 Å². The van der Waals surface area contributed by atoms with Gasteiger partial charge in [0, 0.05) is 29.2 Å². The third-order valence-corrected chi connectivity index (χ3v) is 3.68. The van der Waals surface area contributed by atoms with E-state index in [9.17, 15) is 22.8 Å². The van der Waals surface area contributed by atoms with Gasteiger partial charge in [-0.1, -0.05) is 11.6 Å². The van der Waals surface area contributed by atoms with E-state index in [0.717, 1.165) is 12.1 Å². The van der Waals surface area contributed by atoms with Crippen molar-refractivity contribution in [3.05, 3.63) is 64.2 Å². The second-order valence-electron chi connectivity index (χ2n) is 5.65. The Balaban J connectivity index is 1.89. The van der Waals surface area contributed by atoms with E-state index in [2.05, 4.69) is 10.6 Å². The van der Waals surface area contributed by atoms with Crippen LogP contribution in [0.4, 0.5) is 18.9 Å². The largest absolute Gasteiger partial charge is 0.416 e. The first-order valence-electron chi connectivity index (χ1n) is 7.67. The lowest BCUT2D eigenvalue weighted by Crippen LogP contribution is -2.28. The Hall–Kier alpha value is -2.54. The molecule has 0 aromatic heterocycles. The third-order valence-electron chi connectivity index (χ3n) is 3.43. The van der Waals surface area contributed by atoms with E-state index in [-0.39, 0.29) is 24.4 Å². The highest BCUT2D eigenvalue weighted by atomic mass is 35.5. The molecule has 2 aromatic carbocycles. The molecule has 0 spiro atoms. The summed E-state index contributed by atoms with van der Waals surface area (Å²) in [6.07, 6.45) is -4.55. The predicted octanol–water partition coefficient (Wildman–Crippen LogP) is 4.43. The second kappa shape index (κ2) is 8.23. The number of hydrogen-bond donors (Lipinski definition) is 2. The molecule has 8 heteroatoms. The predicted molar refractivity (Wildman–Crippen MR) is 93.2 cm³/mol. The first kappa shape index (κ1) is 19.8. The average Bonchev–Trinajstić information content (AvgIpc) is 2.55. The summed E-state index contributed by atoms with van der Waals surface area (Å²) in [6, 6.07) is 9.61. The molecule has 0 saturated carbocycles. The van der Waals surface area contributed by atoms with Gasteiger partial charge in [-0.15, -0.1) is 0 Å². The Labute approximate surface area is 153 Å². The van der Waals surface area contributed by atoms with Gasteiger partial charge >= 0.3 is 6.18 Å². The second-order valence-corrected chi connectivity index (χ2v) is 6.08. The molecule has 2 amide bonds. The van der Waals surface area contributed by atoms with E-state index in [1.807, 2.05) is 0 Å². The Bertz CT molecular complexity index is 805. The maximum absolute atomic E-state index is 12.8. The molecule has 2 rings (SSSR count). The van der Waals surface area contributed by atoms with Crippen molar-refractivity contribution < 1.29 is 22.8 Å². The summed E-state index contributed by atoms with van der Waals surface area (Å²) in [5.41, 5.74) is -0.108. The average molecular weight is 385 g/mol. The zero-order valence-corrected chi connectivity index (χ0v) is 14.5. The van der Waals surface area contributed by atoms with Crippen LogP contribution < -0.4 is 10.6 Å². The summed E-state index contributed by atoms with van der Waals surface area (Å²) in [4.78, 5) is 23.8. The van der Waals surface area contributed by atoms with E-state index in [4.69, 9.17) is 11.6 Å². The standard InChI is InChI=1S/C18H16ClF3N2O2/c1-11-8-12(10-13(9-11)18(20,21)22)17(26)23-7-6-16(25)24-15-4-2-14(19)3-5-15/h2-5,8-10H,6-7H2,1H3,(H,23,26)(H,24,25). The molecule has 0 saturated heterocycles. The van der Waals surface area contributed by atoms with Gasteiger partial charge in [-0.3, -0.25) is 9.59 Å². The number of alkyl halides is 3. The van der Waals surface area contributed by atoms with Crippen molar-refractivity contribution in [2.75, 3.05) is 11.9 Å². The molecule has 0 atom stereocenters. The molecule has 0 bridgehead atoms. The van der Waals surface area contributed by atoms with Crippen molar-refractivity contribution >= 4 is 29.1 Å². The number of aryl methyl sites for hydroxylation is 1. The zero-order chi connectivity index (χ0) is 19.3. The first-order valence-corrected chi connectivity index (χ1v) is 8.05. The molecule has 0 aliphatic rings. The maximum atomic E-state index is 12.8. The van der Waals surface area contributed by atoms with Gasteiger partial charge in [0.05, 0.1) is 5.56 Å². The minimum atomic E-state index is -4.53. The summed E-state index contributed by atoms with van der Waals surface area (Å²) < 4.78 is 38.4. The fourth-order valence-electron chi connectivity index (χ4n) is 2.23. The Morgan fingerprint density at radius 3 is 2.35 bits per heavy atom. The van der Waals surface area contributed by atoms with Gasteiger partial charge in [-0.05, 0) is 55.0 Å². The van der Waals surface area contributed by atoms with E-state index in [1.165, 1.54) is 13.0 Å². The number of nitrogens with one attached hydrogen (secondary N) is 2. The van der Waals surface area contributed by atoms with Crippen molar-refractivity contribution in [3.63, 3.8) is 0 Å². The van der Waals surface area contributed by atoms with E-state index < -0.39 is 17.6 Å². The minimum Gasteiger partial charge on any atom is -0.352 e. The van der Waals surface area contributed by atoms with Gasteiger partial charge in [0.1, 0.15) is 0 Å². The SMILES string of the molecule is Cc1cc(C(=O)NCCC(=O)Nc2ccc(Cl)cc2)cc(C(F)(F)F)c1. The van der Waals surface area contributed by atoms with Gasteiger partial charge in [0.15, 0.2) is 0 Å². The minimum absolute atomic E-state index is 0.00640. The highest BCUT2D eigenvalue weighted by molar-refractivity contribution is 6.30. The molecule has 2 N–H and O–H groups in total. The highest BCUT2D eigenvalue weighted by Crippen LogP contribution is 2.30. The quantitative estimate of drug-likeness (QED) is 0.801. The third kappa shape index (κ3) is 5.77. The van der Waals surface area contributed by atoms with Crippen LogP contribution in [0.15, 0.2) is 42.5 Å². The summed E-state index contributed by atoms with van der Waals surface area (Å²) >= 11 is 5.74. The van der Waals surface area contributed by atoms with Crippen LogP contribution in [-0.2, 0) is 11.0 Å². The number of halogens is 4. The highest BCUT2D eigenvalue weighted by Gasteiger charge is 2.31. The van der Waals surface area contributed by atoms with Gasteiger partial charge in [-0.25, -0.2) is 0 Å². The van der Waals surface area contributed by atoms with Gasteiger partial charge in [0.25, 0.3) is 5.91 Å². The lowest BCUT2D eigenvalue weighted by atomic mass is 10.1. The lowest BCUT2D eigenvalue weighted by Gasteiger charge is -2.11. The maximum Gasteiger partial charge on any atom is 0.416 e. The van der Waals surface area contributed by atoms with E-state index >= 15 is 0 Å². The molecule has 0 fully saturated rings. The Morgan fingerprint density at radius 2 is 1.73 bits per heavy atom. The number of hydrogen-bond acceptors (Lipinski definition) is 2. The summed E-state index contributed by atoms with van der Waals surface area (Å²) in [6.45, 7) is 1.47. The molecule has 138 valence electrons. The number of benzene rings is 2. The number of carbonyl (C=O) groups is 2. The molecular weight excluding hydrogens is 369 g/mol. The van der Waals surface area contributed by atoms with Gasteiger partial charge < -0.3 is 10.6 Å². The van der Waals surface area contributed by atoms with Crippen LogP contribution >= 0.6 is 11.6 Å². The van der Waals surface area contributed by atoms with Crippen molar-refractivity contribution in [2.45, 2.75) is 19.5 Å². The fraction of sp³-hybridized carbons (Fsp3) is 0.222. The van der Waals surface area contributed by atoms with Gasteiger partial charge in [0.2, 0.25) is 5.91 Å². The lowest BCUT2D eigenvalue weighted by molar-refractivity contribution is -0.137. The Morgan fingerprint density at radius 1 is 1.08 bits per heavy atom. The molecule has 0 heterocycles. The molecular formula is C18H16ClF3N2O2. The normalized spacial score (nSPS) is 11.1. The monoisotopic (exact) mass is 384 g/mol. The van der Waals surface area contributed by atoms with Crippen LogP contribution in [0.1, 0.15) is 27.9 Å². The Kier molecular flexibility index (Phi) is 6.26. The van der Waals surface area contributed by atoms with Crippen LogP contribution in [0.2, 0.25) is 5.02 Å².